The molecule has 0 spiro atoms. The molecule has 0 amide bonds. The normalized spacial score (nSPS) is 10.3. The molecule has 0 bridgehead atoms. The monoisotopic (exact) mass is 318 g/mol. The van der Waals surface area contributed by atoms with Crippen molar-refractivity contribution < 1.29 is 18.6 Å². The topological polar surface area (TPSA) is 65.3 Å². The van der Waals surface area contributed by atoms with Gasteiger partial charge < -0.3 is 15.2 Å². The predicted molar refractivity (Wildman–Crippen MR) is 81.6 cm³/mol. The Bertz CT molecular complexity index is 714. The average Bonchev–Trinajstić information content (AvgIpc) is 2.55. The molecular weight excluding hydrogens is 302 g/mol. The number of nitrogens with one attached hydrogen (secondary N) is 1. The van der Waals surface area contributed by atoms with Crippen molar-refractivity contribution in [3.05, 3.63) is 64.7 Å². The molecule has 23 heavy (non-hydrogen) atoms. The fraction of sp³-hybridized carbons (Fsp3) is 0.235. The Balaban J connectivity index is 2.03. The summed E-state index contributed by atoms with van der Waals surface area (Å²) in [5, 5.41) is 20.5. The first-order valence-corrected chi connectivity index (χ1v) is 7.04. The second-order valence-corrected chi connectivity index (χ2v) is 4.83. The van der Waals surface area contributed by atoms with Crippen molar-refractivity contribution in [3.63, 3.8) is 0 Å². The summed E-state index contributed by atoms with van der Waals surface area (Å²) in [5.41, 5.74) is 1.34. The van der Waals surface area contributed by atoms with Gasteiger partial charge in [-0.15, -0.1) is 0 Å². The highest BCUT2D eigenvalue weighted by atomic mass is 19.1. The van der Waals surface area contributed by atoms with Gasteiger partial charge in [-0.25, -0.2) is 8.78 Å². The van der Waals surface area contributed by atoms with E-state index in [1.807, 2.05) is 0 Å². The van der Waals surface area contributed by atoms with Crippen molar-refractivity contribution in [3.8, 4) is 6.07 Å². The van der Waals surface area contributed by atoms with Gasteiger partial charge >= 0.3 is 0 Å². The number of hydrogen-bond acceptors (Lipinski definition) is 4. The zero-order chi connectivity index (χ0) is 16.7. The molecule has 0 heterocycles. The van der Waals surface area contributed by atoms with Crippen LogP contribution in [0.25, 0.3) is 0 Å². The number of rotatable bonds is 7. The second kappa shape index (κ2) is 8.22. The molecular formula is C17H16F2N2O2. The van der Waals surface area contributed by atoms with Crippen LogP contribution >= 0.6 is 0 Å². The van der Waals surface area contributed by atoms with Crippen LogP contribution in [-0.4, -0.2) is 18.3 Å². The summed E-state index contributed by atoms with van der Waals surface area (Å²) in [7, 11) is 0. The number of ether oxygens (including phenoxy) is 1. The van der Waals surface area contributed by atoms with Crippen molar-refractivity contribution in [2.24, 2.45) is 0 Å². The van der Waals surface area contributed by atoms with Crippen LogP contribution in [0.1, 0.15) is 16.7 Å². The van der Waals surface area contributed by atoms with Crippen molar-refractivity contribution in [2.75, 3.05) is 18.5 Å². The van der Waals surface area contributed by atoms with Crippen molar-refractivity contribution >= 4 is 5.69 Å². The van der Waals surface area contributed by atoms with Crippen LogP contribution in [0, 0.1) is 23.0 Å². The Morgan fingerprint density at radius 1 is 1.17 bits per heavy atom. The standard InChI is InChI=1S/C17H16F2N2O2/c18-15-2-1-3-17(14(15)9-20)21-10-12-4-5-13(16(19)8-12)11-23-7-6-22/h1-5,8,21-22H,6-7,10-11H2. The maximum absolute atomic E-state index is 13.9. The first kappa shape index (κ1) is 16.9. The molecule has 0 saturated heterocycles. The van der Waals surface area contributed by atoms with Gasteiger partial charge in [0, 0.05) is 12.1 Å². The van der Waals surface area contributed by atoms with Crippen LogP contribution in [0.15, 0.2) is 36.4 Å². The highest BCUT2D eigenvalue weighted by Gasteiger charge is 2.08. The number of nitrogens with zero attached hydrogens (tertiary/aromatic N) is 1. The Morgan fingerprint density at radius 2 is 2.00 bits per heavy atom. The first-order chi connectivity index (χ1) is 11.2. The van der Waals surface area contributed by atoms with Crippen LogP contribution in [0.2, 0.25) is 0 Å². The summed E-state index contributed by atoms with van der Waals surface area (Å²) in [6.07, 6.45) is 0. The molecule has 0 radical (unpaired) electrons. The van der Waals surface area contributed by atoms with E-state index in [-0.39, 0.29) is 31.9 Å². The molecule has 2 aromatic carbocycles. The van der Waals surface area contributed by atoms with E-state index in [1.165, 1.54) is 18.2 Å². The molecule has 0 aliphatic rings. The molecule has 0 unspecified atom stereocenters. The zero-order valence-electron chi connectivity index (χ0n) is 12.4. The molecule has 120 valence electrons. The lowest BCUT2D eigenvalue weighted by atomic mass is 10.1. The van der Waals surface area contributed by atoms with Crippen molar-refractivity contribution in [2.45, 2.75) is 13.2 Å². The van der Waals surface area contributed by atoms with E-state index >= 15 is 0 Å². The number of aliphatic hydroxyl groups excluding tert-OH is 1. The molecule has 0 aromatic heterocycles. The molecule has 2 N–H and O–H groups in total. The molecule has 4 nitrogen and oxygen atoms in total. The molecule has 0 fully saturated rings. The SMILES string of the molecule is N#Cc1c(F)cccc1NCc1ccc(COCCO)c(F)c1. The third-order valence-corrected chi connectivity index (χ3v) is 3.22. The maximum Gasteiger partial charge on any atom is 0.143 e. The van der Waals surface area contributed by atoms with E-state index in [2.05, 4.69) is 5.32 Å². The predicted octanol–water partition coefficient (Wildman–Crippen LogP) is 2.96. The van der Waals surface area contributed by atoms with E-state index in [4.69, 9.17) is 15.1 Å². The number of nitriles is 1. The van der Waals surface area contributed by atoms with Gasteiger partial charge in [-0.05, 0) is 23.8 Å². The Kier molecular flexibility index (Phi) is 6.03. The first-order valence-electron chi connectivity index (χ1n) is 7.04. The number of halogens is 2. The minimum absolute atomic E-state index is 0.0676. The van der Waals surface area contributed by atoms with Gasteiger partial charge in [-0.1, -0.05) is 18.2 Å². The van der Waals surface area contributed by atoms with Crippen molar-refractivity contribution in [1.82, 2.24) is 0 Å². The van der Waals surface area contributed by atoms with Gasteiger partial charge in [-0.3, -0.25) is 0 Å². The van der Waals surface area contributed by atoms with Crippen LogP contribution in [0.3, 0.4) is 0 Å². The summed E-state index contributed by atoms with van der Waals surface area (Å²) in [6.45, 7) is 0.382. The van der Waals surface area contributed by atoms with Crippen molar-refractivity contribution in [1.29, 1.82) is 5.26 Å². The van der Waals surface area contributed by atoms with E-state index in [0.29, 0.717) is 16.8 Å². The van der Waals surface area contributed by atoms with Gasteiger partial charge in [0.15, 0.2) is 0 Å². The molecule has 0 atom stereocenters. The molecule has 0 saturated carbocycles. The smallest absolute Gasteiger partial charge is 0.143 e. The third kappa shape index (κ3) is 4.49. The van der Waals surface area contributed by atoms with E-state index in [9.17, 15) is 8.78 Å². The van der Waals surface area contributed by atoms with Gasteiger partial charge in [-0.2, -0.15) is 5.26 Å². The lowest BCUT2D eigenvalue weighted by Crippen LogP contribution is -2.05. The Morgan fingerprint density at radius 3 is 2.70 bits per heavy atom. The Labute approximate surface area is 132 Å². The Hall–Kier alpha value is -2.49. The highest BCUT2D eigenvalue weighted by Crippen LogP contribution is 2.19. The lowest BCUT2D eigenvalue weighted by molar-refractivity contribution is 0.0799. The molecule has 0 aliphatic carbocycles. The van der Waals surface area contributed by atoms with Gasteiger partial charge in [0.1, 0.15) is 23.3 Å². The van der Waals surface area contributed by atoms with E-state index < -0.39 is 11.6 Å². The summed E-state index contributed by atoms with van der Waals surface area (Å²) in [5.74, 6) is -1.01. The fourth-order valence-corrected chi connectivity index (χ4v) is 2.05. The minimum Gasteiger partial charge on any atom is -0.394 e. The van der Waals surface area contributed by atoms with Gasteiger partial charge in [0.2, 0.25) is 0 Å². The van der Waals surface area contributed by atoms with E-state index in [0.717, 1.165) is 0 Å². The van der Waals surface area contributed by atoms with Crippen LogP contribution < -0.4 is 5.32 Å². The molecule has 0 aliphatic heterocycles. The van der Waals surface area contributed by atoms with Crippen LogP contribution in [0.5, 0.6) is 0 Å². The van der Waals surface area contributed by atoms with Gasteiger partial charge in [0.25, 0.3) is 0 Å². The molecule has 6 heteroatoms. The zero-order valence-corrected chi connectivity index (χ0v) is 12.4. The number of hydrogen-bond donors (Lipinski definition) is 2. The number of anilines is 1. The molecule has 2 rings (SSSR count). The number of aliphatic hydroxyl groups is 1. The summed E-state index contributed by atoms with van der Waals surface area (Å²) in [6, 6.07) is 10.8. The van der Waals surface area contributed by atoms with Crippen LogP contribution in [0.4, 0.5) is 14.5 Å². The maximum atomic E-state index is 13.9. The second-order valence-electron chi connectivity index (χ2n) is 4.83. The van der Waals surface area contributed by atoms with Crippen LogP contribution in [-0.2, 0) is 17.9 Å². The summed E-state index contributed by atoms with van der Waals surface area (Å²) < 4.78 is 32.5. The lowest BCUT2D eigenvalue weighted by Gasteiger charge is -2.10. The molecule has 2 aromatic rings. The largest absolute Gasteiger partial charge is 0.394 e. The number of benzene rings is 2. The quantitative estimate of drug-likeness (QED) is 0.770. The summed E-state index contributed by atoms with van der Waals surface area (Å²) >= 11 is 0. The van der Waals surface area contributed by atoms with Gasteiger partial charge in [0.05, 0.1) is 25.5 Å². The average molecular weight is 318 g/mol. The fourth-order valence-electron chi connectivity index (χ4n) is 2.05. The van der Waals surface area contributed by atoms with E-state index in [1.54, 1.807) is 24.3 Å². The minimum atomic E-state index is -0.597. The highest BCUT2D eigenvalue weighted by molar-refractivity contribution is 5.58. The summed E-state index contributed by atoms with van der Waals surface area (Å²) in [4.78, 5) is 0. The third-order valence-electron chi connectivity index (χ3n) is 3.22.